The fourth-order valence-electron chi connectivity index (χ4n) is 2.61. The molecule has 0 unspecified atom stereocenters. The van der Waals surface area contributed by atoms with Crippen LogP contribution in [0.5, 0.6) is 0 Å². The lowest BCUT2D eigenvalue weighted by molar-refractivity contribution is 0.251. The summed E-state index contributed by atoms with van der Waals surface area (Å²) in [6, 6.07) is 4.95. The molecule has 0 fully saturated rings. The Morgan fingerprint density at radius 1 is 1.26 bits per heavy atom. The van der Waals surface area contributed by atoms with Gasteiger partial charge in [0.15, 0.2) is 5.52 Å². The normalized spacial score (nSPS) is 12.3. The first-order valence-electron chi connectivity index (χ1n) is 7.25. The van der Waals surface area contributed by atoms with Crippen molar-refractivity contribution < 1.29 is 13.9 Å². The van der Waals surface area contributed by atoms with Crippen LogP contribution >= 0.6 is 0 Å². The summed E-state index contributed by atoms with van der Waals surface area (Å²) in [5, 5.41) is 17.0. The fraction of sp³-hybridized carbons (Fsp3) is 0.333. The van der Waals surface area contributed by atoms with Crippen molar-refractivity contribution in [3.8, 4) is 0 Å². The Hall–Kier alpha value is -2.90. The van der Waals surface area contributed by atoms with Gasteiger partial charge in [0, 0.05) is 18.0 Å². The SMILES string of the molecule is Cc1noc(C)c1[C@H](C)CNC(=O)Nc1cccc2nonc12. The Kier molecular flexibility index (Phi) is 3.96. The van der Waals surface area contributed by atoms with Gasteiger partial charge in [-0.15, -0.1) is 0 Å². The van der Waals surface area contributed by atoms with E-state index in [9.17, 15) is 4.79 Å². The number of hydrogen-bond acceptors (Lipinski definition) is 6. The van der Waals surface area contributed by atoms with Crippen molar-refractivity contribution in [1.82, 2.24) is 20.8 Å². The van der Waals surface area contributed by atoms with Gasteiger partial charge in [0.1, 0.15) is 11.3 Å². The van der Waals surface area contributed by atoms with E-state index in [1.807, 2.05) is 20.8 Å². The first-order chi connectivity index (χ1) is 11.1. The fourth-order valence-corrected chi connectivity index (χ4v) is 2.61. The quantitative estimate of drug-likeness (QED) is 0.766. The minimum atomic E-state index is -0.320. The Morgan fingerprint density at radius 3 is 2.83 bits per heavy atom. The number of nitrogens with zero attached hydrogens (tertiary/aromatic N) is 3. The molecule has 2 heterocycles. The minimum absolute atomic E-state index is 0.0940. The Morgan fingerprint density at radius 2 is 2.09 bits per heavy atom. The van der Waals surface area contributed by atoms with Crippen molar-refractivity contribution in [3.05, 3.63) is 35.2 Å². The van der Waals surface area contributed by atoms with E-state index in [1.54, 1.807) is 18.2 Å². The number of amides is 2. The maximum atomic E-state index is 12.1. The van der Waals surface area contributed by atoms with Gasteiger partial charge in [-0.25, -0.2) is 9.42 Å². The third-order valence-corrected chi connectivity index (χ3v) is 3.68. The predicted molar refractivity (Wildman–Crippen MR) is 83.2 cm³/mol. The lowest BCUT2D eigenvalue weighted by Crippen LogP contribution is -2.32. The number of urea groups is 1. The monoisotopic (exact) mass is 315 g/mol. The smallest absolute Gasteiger partial charge is 0.319 e. The van der Waals surface area contributed by atoms with E-state index in [1.165, 1.54) is 0 Å². The Labute approximate surface area is 132 Å². The second-order valence-corrected chi connectivity index (χ2v) is 5.41. The Bertz CT molecular complexity index is 819. The summed E-state index contributed by atoms with van der Waals surface area (Å²) >= 11 is 0. The van der Waals surface area contributed by atoms with E-state index in [4.69, 9.17) is 4.52 Å². The molecule has 1 aromatic carbocycles. The molecule has 0 saturated heterocycles. The number of rotatable bonds is 4. The van der Waals surface area contributed by atoms with Gasteiger partial charge >= 0.3 is 6.03 Å². The molecule has 8 heteroatoms. The molecule has 8 nitrogen and oxygen atoms in total. The van der Waals surface area contributed by atoms with Gasteiger partial charge in [-0.3, -0.25) is 0 Å². The van der Waals surface area contributed by atoms with Crippen molar-refractivity contribution >= 4 is 22.8 Å². The number of aryl methyl sites for hydroxylation is 2. The topological polar surface area (TPSA) is 106 Å². The van der Waals surface area contributed by atoms with E-state index >= 15 is 0 Å². The molecule has 3 rings (SSSR count). The van der Waals surface area contributed by atoms with Crippen LogP contribution in [0.25, 0.3) is 11.0 Å². The second kappa shape index (κ2) is 6.07. The number of nitrogens with one attached hydrogen (secondary N) is 2. The highest BCUT2D eigenvalue weighted by atomic mass is 16.6. The molecule has 0 spiro atoms. The number of carbonyl (C=O) groups excluding carboxylic acids is 1. The van der Waals surface area contributed by atoms with Crippen molar-refractivity contribution in [1.29, 1.82) is 0 Å². The number of aromatic nitrogens is 3. The molecule has 23 heavy (non-hydrogen) atoms. The summed E-state index contributed by atoms with van der Waals surface area (Å²) in [5.41, 5.74) is 3.52. The highest BCUT2D eigenvalue weighted by Gasteiger charge is 2.17. The van der Waals surface area contributed by atoms with Crippen molar-refractivity contribution in [2.45, 2.75) is 26.7 Å². The van der Waals surface area contributed by atoms with Crippen LogP contribution < -0.4 is 10.6 Å². The number of fused-ring (bicyclic) bond motifs is 1. The highest BCUT2D eigenvalue weighted by molar-refractivity contribution is 5.98. The summed E-state index contributed by atoms with van der Waals surface area (Å²) < 4.78 is 9.83. The maximum Gasteiger partial charge on any atom is 0.319 e. The van der Waals surface area contributed by atoms with Gasteiger partial charge in [-0.2, -0.15) is 0 Å². The van der Waals surface area contributed by atoms with Crippen LogP contribution in [0, 0.1) is 13.8 Å². The van der Waals surface area contributed by atoms with Crippen molar-refractivity contribution in [2.75, 3.05) is 11.9 Å². The molecule has 1 atom stereocenters. The first-order valence-corrected chi connectivity index (χ1v) is 7.25. The zero-order chi connectivity index (χ0) is 16.4. The Balaban J connectivity index is 1.63. The highest BCUT2D eigenvalue weighted by Crippen LogP contribution is 2.22. The lowest BCUT2D eigenvalue weighted by atomic mass is 10.00. The van der Waals surface area contributed by atoms with Crippen LogP contribution in [-0.2, 0) is 0 Å². The van der Waals surface area contributed by atoms with E-state index < -0.39 is 0 Å². The van der Waals surface area contributed by atoms with Gasteiger partial charge in [0.2, 0.25) is 0 Å². The number of carbonyl (C=O) groups is 1. The molecule has 0 saturated carbocycles. The molecule has 3 aromatic rings. The van der Waals surface area contributed by atoms with Crippen LogP contribution in [-0.4, -0.2) is 28.0 Å². The average Bonchev–Trinajstić information content (AvgIpc) is 3.12. The molecule has 120 valence electrons. The van der Waals surface area contributed by atoms with Crippen molar-refractivity contribution in [3.63, 3.8) is 0 Å². The van der Waals surface area contributed by atoms with Gasteiger partial charge in [-0.05, 0) is 36.3 Å². The zero-order valence-electron chi connectivity index (χ0n) is 13.1. The zero-order valence-corrected chi connectivity index (χ0v) is 13.1. The molecule has 0 aliphatic heterocycles. The summed E-state index contributed by atoms with van der Waals surface area (Å²) in [5.74, 6) is 0.868. The number of anilines is 1. The first kappa shape index (κ1) is 15.0. The molecule has 0 aliphatic carbocycles. The molecular weight excluding hydrogens is 298 g/mol. The summed E-state index contributed by atoms with van der Waals surface area (Å²) in [4.78, 5) is 12.1. The van der Waals surface area contributed by atoms with Crippen LogP contribution in [0.1, 0.15) is 29.9 Å². The van der Waals surface area contributed by atoms with Crippen LogP contribution in [0.15, 0.2) is 27.4 Å². The second-order valence-electron chi connectivity index (χ2n) is 5.41. The van der Waals surface area contributed by atoms with Gasteiger partial charge < -0.3 is 15.2 Å². The predicted octanol–water partition coefficient (Wildman–Crippen LogP) is 2.75. The summed E-state index contributed by atoms with van der Waals surface area (Å²) in [6.07, 6.45) is 0. The largest absolute Gasteiger partial charge is 0.361 e. The molecular formula is C15H17N5O3. The lowest BCUT2D eigenvalue weighted by Gasteiger charge is -2.13. The number of hydrogen-bond donors (Lipinski definition) is 2. The average molecular weight is 315 g/mol. The van der Waals surface area contributed by atoms with Gasteiger partial charge in [0.25, 0.3) is 0 Å². The molecule has 2 aromatic heterocycles. The summed E-state index contributed by atoms with van der Waals surface area (Å²) in [7, 11) is 0. The molecule has 0 radical (unpaired) electrons. The van der Waals surface area contributed by atoms with E-state index in [0.29, 0.717) is 23.3 Å². The molecule has 0 aliphatic rings. The maximum absolute atomic E-state index is 12.1. The van der Waals surface area contributed by atoms with Crippen LogP contribution in [0.3, 0.4) is 0 Å². The molecule has 2 N–H and O–H groups in total. The third kappa shape index (κ3) is 3.01. The molecule has 2 amide bonds. The van der Waals surface area contributed by atoms with Crippen LogP contribution in [0.4, 0.5) is 10.5 Å². The van der Waals surface area contributed by atoms with E-state index in [2.05, 4.69) is 30.7 Å². The van der Waals surface area contributed by atoms with E-state index in [0.717, 1.165) is 17.0 Å². The summed E-state index contributed by atoms with van der Waals surface area (Å²) in [6.45, 7) is 6.22. The van der Waals surface area contributed by atoms with Gasteiger partial charge in [0.05, 0.1) is 11.4 Å². The minimum Gasteiger partial charge on any atom is -0.361 e. The van der Waals surface area contributed by atoms with E-state index in [-0.39, 0.29) is 11.9 Å². The van der Waals surface area contributed by atoms with Crippen molar-refractivity contribution in [2.24, 2.45) is 0 Å². The molecule has 0 bridgehead atoms. The standard InChI is InChI=1S/C15H17N5O3/c1-8(13-9(2)18-22-10(13)3)7-16-15(21)17-11-5-4-6-12-14(11)20-23-19-12/h4-6,8H,7H2,1-3H3,(H2,16,17,21)/t8-/m1/s1. The van der Waals surface area contributed by atoms with Crippen LogP contribution in [0.2, 0.25) is 0 Å². The number of benzene rings is 1. The third-order valence-electron chi connectivity index (χ3n) is 3.68. The van der Waals surface area contributed by atoms with Gasteiger partial charge in [-0.1, -0.05) is 18.1 Å².